The molecule has 0 amide bonds. The zero-order chi connectivity index (χ0) is 15.5. The van der Waals surface area contributed by atoms with E-state index in [-0.39, 0.29) is 11.7 Å². The maximum Gasteiger partial charge on any atom is 0.333 e. The van der Waals surface area contributed by atoms with Gasteiger partial charge < -0.3 is 14.9 Å². The molecule has 0 radical (unpaired) electrons. The molecule has 1 rings (SSSR count). The van der Waals surface area contributed by atoms with Crippen LogP contribution in [0, 0.1) is 0 Å². The first-order chi connectivity index (χ1) is 9.36. The highest BCUT2D eigenvalue weighted by atomic mass is 16.5. The van der Waals surface area contributed by atoms with Gasteiger partial charge in [-0.2, -0.15) is 0 Å². The maximum absolute atomic E-state index is 10.4. The molecule has 0 atom stereocenters. The van der Waals surface area contributed by atoms with Gasteiger partial charge in [0.25, 0.3) is 0 Å². The van der Waals surface area contributed by atoms with Gasteiger partial charge >= 0.3 is 11.9 Å². The molecule has 20 heavy (non-hydrogen) atoms. The summed E-state index contributed by atoms with van der Waals surface area (Å²) >= 11 is 0. The van der Waals surface area contributed by atoms with E-state index in [0.29, 0.717) is 12.2 Å². The van der Waals surface area contributed by atoms with Crippen molar-refractivity contribution in [3.05, 3.63) is 48.1 Å². The fourth-order valence-corrected chi connectivity index (χ4v) is 1.01. The van der Waals surface area contributed by atoms with Crippen molar-refractivity contribution < 1.29 is 24.5 Å². The molecule has 0 heterocycles. The Balaban J connectivity index is 0.000000396. The van der Waals surface area contributed by atoms with Gasteiger partial charge in [-0.25, -0.2) is 9.59 Å². The van der Waals surface area contributed by atoms with Gasteiger partial charge in [0, 0.05) is 11.6 Å². The Morgan fingerprint density at radius 3 is 2.20 bits per heavy atom. The monoisotopic (exact) mass is 278 g/mol. The van der Waals surface area contributed by atoms with Gasteiger partial charge in [0.1, 0.15) is 5.75 Å². The lowest BCUT2D eigenvalue weighted by molar-refractivity contribution is -0.138. The highest BCUT2D eigenvalue weighted by Crippen LogP contribution is 2.10. The molecule has 0 spiro atoms. The van der Waals surface area contributed by atoms with Crippen LogP contribution >= 0.6 is 0 Å². The lowest BCUT2D eigenvalue weighted by atomic mass is 10.2. The summed E-state index contributed by atoms with van der Waals surface area (Å²) in [6.45, 7) is 7.21. The zero-order valence-corrected chi connectivity index (χ0v) is 11.5. The molecular weight excluding hydrogens is 260 g/mol. The largest absolute Gasteiger partial charge is 0.508 e. The number of carbonyl (C=O) groups is 2. The molecule has 5 heteroatoms. The fourth-order valence-electron chi connectivity index (χ4n) is 1.01. The Labute approximate surface area is 117 Å². The molecule has 0 aliphatic carbocycles. The Kier molecular flexibility index (Phi) is 8.18. The first-order valence-electron chi connectivity index (χ1n) is 5.89. The third-order valence-corrected chi connectivity index (χ3v) is 1.94. The summed E-state index contributed by atoms with van der Waals surface area (Å²) in [5.41, 5.74) is 1.20. The molecule has 108 valence electrons. The minimum Gasteiger partial charge on any atom is -0.508 e. The quantitative estimate of drug-likeness (QED) is 0.653. The number of phenols is 1. The lowest BCUT2D eigenvalue weighted by Crippen LogP contribution is -2.03. The van der Waals surface area contributed by atoms with Gasteiger partial charge in [0.15, 0.2) is 0 Å². The van der Waals surface area contributed by atoms with E-state index in [1.165, 1.54) is 18.2 Å². The van der Waals surface area contributed by atoms with Crippen LogP contribution in [0.2, 0.25) is 0 Å². The van der Waals surface area contributed by atoms with E-state index in [1.54, 1.807) is 26.0 Å². The van der Waals surface area contributed by atoms with Crippen molar-refractivity contribution in [2.75, 3.05) is 6.61 Å². The van der Waals surface area contributed by atoms with Crippen LogP contribution in [0.5, 0.6) is 5.75 Å². The summed E-state index contributed by atoms with van der Waals surface area (Å²) in [5, 5.41) is 17.2. The molecule has 0 aliphatic heterocycles. The topological polar surface area (TPSA) is 83.8 Å². The molecule has 2 N–H and O–H groups in total. The van der Waals surface area contributed by atoms with Crippen molar-refractivity contribution in [1.29, 1.82) is 0 Å². The van der Waals surface area contributed by atoms with E-state index in [2.05, 4.69) is 11.3 Å². The third-order valence-electron chi connectivity index (χ3n) is 1.94. The summed E-state index contributed by atoms with van der Waals surface area (Å²) < 4.78 is 4.56. The number of ether oxygens (including phenoxy) is 1. The van der Waals surface area contributed by atoms with Crippen LogP contribution in [0.1, 0.15) is 19.4 Å². The molecule has 1 aromatic carbocycles. The third kappa shape index (κ3) is 8.52. The predicted octanol–water partition coefficient (Wildman–Crippen LogP) is 2.62. The number of carbonyl (C=O) groups excluding carboxylic acids is 1. The number of aromatic hydroxyl groups is 1. The van der Waals surface area contributed by atoms with E-state index in [1.807, 2.05) is 0 Å². The van der Waals surface area contributed by atoms with Gasteiger partial charge in [0.2, 0.25) is 0 Å². The van der Waals surface area contributed by atoms with Crippen LogP contribution < -0.4 is 0 Å². The Morgan fingerprint density at radius 1 is 1.30 bits per heavy atom. The van der Waals surface area contributed by atoms with Crippen molar-refractivity contribution in [3.8, 4) is 5.75 Å². The number of rotatable bonds is 4. The van der Waals surface area contributed by atoms with Crippen molar-refractivity contribution in [3.63, 3.8) is 0 Å². The van der Waals surface area contributed by atoms with Gasteiger partial charge in [-0.05, 0) is 37.6 Å². The van der Waals surface area contributed by atoms with Crippen LogP contribution in [0.25, 0.3) is 6.08 Å². The number of carboxylic acids is 1. The predicted molar refractivity (Wildman–Crippen MR) is 76.2 cm³/mol. The Bertz CT molecular complexity index is 485. The molecule has 0 saturated heterocycles. The van der Waals surface area contributed by atoms with E-state index >= 15 is 0 Å². The molecule has 0 aromatic heterocycles. The number of aliphatic carboxylic acids is 1. The second-order valence-corrected chi connectivity index (χ2v) is 3.76. The maximum atomic E-state index is 10.4. The minimum absolute atomic E-state index is 0.169. The molecule has 5 nitrogen and oxygen atoms in total. The molecule has 0 unspecified atom stereocenters. The van der Waals surface area contributed by atoms with Crippen LogP contribution in [0.4, 0.5) is 0 Å². The van der Waals surface area contributed by atoms with Gasteiger partial charge in [0.05, 0.1) is 6.61 Å². The normalized spacial score (nSPS) is 9.50. The van der Waals surface area contributed by atoms with Crippen LogP contribution in [0.15, 0.2) is 42.5 Å². The SMILES string of the molecule is C=C(C)C(=O)OCC.O=C(O)C=Cc1ccc(O)cc1. The second-order valence-electron chi connectivity index (χ2n) is 3.76. The zero-order valence-electron chi connectivity index (χ0n) is 11.5. The average molecular weight is 278 g/mol. The molecule has 1 aromatic rings. The summed E-state index contributed by atoms with van der Waals surface area (Å²) in [6.07, 6.45) is 2.51. The second kappa shape index (κ2) is 9.38. The number of carboxylic acid groups (broad SMARTS) is 1. The highest BCUT2D eigenvalue weighted by Gasteiger charge is 1.98. The van der Waals surface area contributed by atoms with Crippen molar-refractivity contribution >= 4 is 18.0 Å². The fraction of sp³-hybridized carbons (Fsp3) is 0.200. The van der Waals surface area contributed by atoms with E-state index < -0.39 is 5.97 Å². The Morgan fingerprint density at radius 2 is 1.85 bits per heavy atom. The smallest absolute Gasteiger partial charge is 0.333 e. The molecule has 0 aliphatic rings. The molecule has 0 fully saturated rings. The van der Waals surface area contributed by atoms with E-state index in [4.69, 9.17) is 10.2 Å². The van der Waals surface area contributed by atoms with Crippen LogP contribution in [0.3, 0.4) is 0 Å². The van der Waals surface area contributed by atoms with Crippen LogP contribution in [-0.2, 0) is 14.3 Å². The number of hydrogen-bond donors (Lipinski definition) is 2. The van der Waals surface area contributed by atoms with Gasteiger partial charge in [-0.3, -0.25) is 0 Å². The summed E-state index contributed by atoms with van der Waals surface area (Å²) in [7, 11) is 0. The van der Waals surface area contributed by atoms with Crippen molar-refractivity contribution in [1.82, 2.24) is 0 Å². The summed E-state index contributed by atoms with van der Waals surface area (Å²) in [6, 6.07) is 6.27. The van der Waals surface area contributed by atoms with Gasteiger partial charge in [-0.15, -0.1) is 0 Å². The van der Waals surface area contributed by atoms with E-state index in [9.17, 15) is 9.59 Å². The number of esters is 1. The number of benzene rings is 1. The standard InChI is InChI=1S/C9H8O3.C6H10O2/c10-8-4-1-7(2-5-8)3-6-9(11)12;1-4-8-6(7)5(2)3/h1-6,10H,(H,11,12);2,4H2,1,3H3. The number of phenolic OH excluding ortho intramolecular Hbond substituents is 1. The van der Waals surface area contributed by atoms with Crippen molar-refractivity contribution in [2.24, 2.45) is 0 Å². The highest BCUT2D eigenvalue weighted by molar-refractivity contribution is 5.86. The number of hydrogen-bond acceptors (Lipinski definition) is 4. The molecule has 0 bridgehead atoms. The Hall–Kier alpha value is -2.56. The van der Waals surface area contributed by atoms with Gasteiger partial charge in [-0.1, -0.05) is 18.7 Å². The first-order valence-corrected chi connectivity index (χ1v) is 5.89. The first kappa shape index (κ1) is 17.4. The summed E-state index contributed by atoms with van der Waals surface area (Å²) in [5.74, 6) is -1.13. The molecule has 0 saturated carbocycles. The lowest BCUT2D eigenvalue weighted by Gasteiger charge is -1.96. The molecular formula is C15H18O5. The van der Waals surface area contributed by atoms with Crippen LogP contribution in [-0.4, -0.2) is 28.8 Å². The van der Waals surface area contributed by atoms with Crippen molar-refractivity contribution in [2.45, 2.75) is 13.8 Å². The van der Waals surface area contributed by atoms with E-state index in [0.717, 1.165) is 11.6 Å². The summed E-state index contributed by atoms with van der Waals surface area (Å²) in [4.78, 5) is 20.5. The average Bonchev–Trinajstić information content (AvgIpc) is 2.39. The minimum atomic E-state index is -0.983.